The quantitative estimate of drug-likeness (QED) is 0.180. The smallest absolute Gasteiger partial charge is 0.135 e. The highest BCUT2D eigenvalue weighted by Crippen LogP contribution is 2.38. The highest BCUT2D eigenvalue weighted by molar-refractivity contribution is 6.12. The van der Waals surface area contributed by atoms with E-state index in [1.54, 1.807) is 0 Å². The van der Waals surface area contributed by atoms with Crippen LogP contribution in [0.5, 0.6) is 0 Å². The van der Waals surface area contributed by atoms with Crippen molar-refractivity contribution >= 4 is 65.6 Å². The zero-order chi connectivity index (χ0) is 30.1. The minimum Gasteiger partial charge on any atom is -0.456 e. The van der Waals surface area contributed by atoms with Gasteiger partial charge in [0.1, 0.15) is 11.2 Å². The van der Waals surface area contributed by atoms with Crippen LogP contribution < -0.4 is 0 Å². The van der Waals surface area contributed by atoms with Gasteiger partial charge in [-0.05, 0) is 96.8 Å². The Hall–Kier alpha value is -5.80. The molecule has 3 heterocycles. The molecular formula is C42H30N2O. The van der Waals surface area contributed by atoms with Crippen molar-refractivity contribution in [3.63, 3.8) is 0 Å². The normalized spacial score (nSPS) is 11.9. The number of hydrogen-bond donors (Lipinski definition) is 0. The number of rotatable bonds is 6. The number of furan rings is 1. The average Bonchev–Trinajstić information content (AvgIpc) is 3.72. The van der Waals surface area contributed by atoms with Crippen LogP contribution in [0.3, 0.4) is 0 Å². The first-order valence-corrected chi connectivity index (χ1v) is 15.4. The molecule has 3 heteroatoms. The molecule has 0 amide bonds. The Labute approximate surface area is 260 Å². The zero-order valence-electron chi connectivity index (χ0n) is 24.8. The second kappa shape index (κ2) is 9.87. The Kier molecular flexibility index (Phi) is 5.63. The van der Waals surface area contributed by atoms with Crippen molar-refractivity contribution in [3.8, 4) is 11.4 Å². The first-order chi connectivity index (χ1) is 22.2. The lowest BCUT2D eigenvalue weighted by molar-refractivity contribution is 0.669. The van der Waals surface area contributed by atoms with E-state index in [9.17, 15) is 0 Å². The highest BCUT2D eigenvalue weighted by atomic mass is 16.3. The molecule has 0 N–H and O–H groups in total. The van der Waals surface area contributed by atoms with Crippen LogP contribution in [0.2, 0.25) is 0 Å². The minimum absolute atomic E-state index is 0.854. The lowest BCUT2D eigenvalue weighted by Crippen LogP contribution is -1.94. The maximum atomic E-state index is 6.40. The maximum Gasteiger partial charge on any atom is 0.135 e. The number of benzene rings is 6. The van der Waals surface area contributed by atoms with Gasteiger partial charge in [0.25, 0.3) is 0 Å². The predicted molar refractivity (Wildman–Crippen MR) is 190 cm³/mol. The van der Waals surface area contributed by atoms with Crippen LogP contribution in [0.25, 0.3) is 76.9 Å². The summed E-state index contributed by atoms with van der Waals surface area (Å²) in [5.41, 5.74) is 11.3. The van der Waals surface area contributed by atoms with E-state index in [0.29, 0.717) is 0 Å². The average molecular weight is 579 g/mol. The van der Waals surface area contributed by atoms with Gasteiger partial charge in [-0.1, -0.05) is 60.7 Å². The monoisotopic (exact) mass is 578 g/mol. The number of aromatic nitrogens is 2. The van der Waals surface area contributed by atoms with E-state index in [4.69, 9.17) is 4.42 Å². The van der Waals surface area contributed by atoms with Crippen molar-refractivity contribution < 1.29 is 4.42 Å². The van der Waals surface area contributed by atoms with E-state index in [2.05, 4.69) is 144 Å². The van der Waals surface area contributed by atoms with Crippen LogP contribution in [0, 0.1) is 0 Å². The molecule has 0 aliphatic carbocycles. The molecule has 45 heavy (non-hydrogen) atoms. The topological polar surface area (TPSA) is 23.0 Å². The van der Waals surface area contributed by atoms with Crippen LogP contribution in [-0.4, -0.2) is 9.13 Å². The second-order valence-corrected chi connectivity index (χ2v) is 11.9. The Bertz CT molecular complexity index is 2460. The van der Waals surface area contributed by atoms with Crippen LogP contribution in [0.1, 0.15) is 11.1 Å². The molecule has 0 saturated carbocycles. The number of fused-ring (bicyclic) bond motifs is 9. The van der Waals surface area contributed by atoms with E-state index >= 15 is 0 Å². The van der Waals surface area contributed by atoms with E-state index in [1.165, 1.54) is 54.7 Å². The van der Waals surface area contributed by atoms with Gasteiger partial charge in [0.15, 0.2) is 0 Å². The molecule has 0 fully saturated rings. The molecule has 0 bridgehead atoms. The van der Waals surface area contributed by atoms with Crippen molar-refractivity contribution in [3.05, 3.63) is 158 Å². The fraction of sp³-hybridized carbons (Fsp3) is 0.0476. The molecule has 3 aromatic heterocycles. The first kappa shape index (κ1) is 25.7. The summed E-state index contributed by atoms with van der Waals surface area (Å²) in [6, 6.07) is 44.0. The van der Waals surface area contributed by atoms with Crippen molar-refractivity contribution in [2.24, 2.45) is 0 Å². The molecule has 0 radical (unpaired) electrons. The van der Waals surface area contributed by atoms with Gasteiger partial charge >= 0.3 is 0 Å². The highest BCUT2D eigenvalue weighted by Gasteiger charge is 2.17. The van der Waals surface area contributed by atoms with Gasteiger partial charge in [0.2, 0.25) is 0 Å². The number of para-hydroxylation sites is 2. The molecule has 0 atom stereocenters. The lowest BCUT2D eigenvalue weighted by Gasteiger charge is -2.09. The van der Waals surface area contributed by atoms with E-state index in [-0.39, 0.29) is 0 Å². The molecule has 0 unspecified atom stereocenters. The van der Waals surface area contributed by atoms with Gasteiger partial charge in [-0.15, -0.1) is 13.2 Å². The summed E-state index contributed by atoms with van der Waals surface area (Å²) in [6.07, 6.45) is 5.64. The SMILES string of the molecule is C=CCc1ccc2c(c1)c1ccccc1n2-c1ccc2oc3ccc(-n4c5ccccc5c5cc(CC=C)ccc54)cc3c2c1. The second-order valence-electron chi connectivity index (χ2n) is 11.9. The van der Waals surface area contributed by atoms with E-state index < -0.39 is 0 Å². The van der Waals surface area contributed by atoms with Crippen molar-refractivity contribution in [2.45, 2.75) is 12.8 Å². The maximum absolute atomic E-state index is 6.40. The van der Waals surface area contributed by atoms with Crippen molar-refractivity contribution in [1.29, 1.82) is 0 Å². The molecule has 214 valence electrons. The lowest BCUT2D eigenvalue weighted by atomic mass is 10.1. The molecular weight excluding hydrogens is 548 g/mol. The molecule has 0 aliphatic rings. The first-order valence-electron chi connectivity index (χ1n) is 15.4. The molecule has 0 aliphatic heterocycles. The summed E-state index contributed by atoms with van der Waals surface area (Å²) in [5, 5.41) is 7.22. The van der Waals surface area contributed by atoms with Gasteiger partial charge in [0, 0.05) is 43.7 Å². The Morgan fingerprint density at radius 1 is 0.444 bits per heavy atom. The van der Waals surface area contributed by atoms with E-state index in [1.807, 2.05) is 12.2 Å². The Balaban J connectivity index is 1.27. The molecule has 0 spiro atoms. The standard InChI is InChI=1S/C42H30N2O/c1-3-9-27-15-19-39-33(23-27)31-11-5-7-13-37(31)43(39)29-17-21-41-35(25-29)36-26-30(18-22-42(36)45-41)44-38-14-8-6-12-32(38)34-24-28(10-4-2)16-20-40(34)44/h3-8,11-26H,1-2,9-10H2. The third-order valence-electron chi connectivity index (χ3n) is 9.19. The largest absolute Gasteiger partial charge is 0.456 e. The summed E-state index contributed by atoms with van der Waals surface area (Å²) < 4.78 is 11.1. The fourth-order valence-corrected chi connectivity index (χ4v) is 7.22. The van der Waals surface area contributed by atoms with Crippen molar-refractivity contribution in [2.75, 3.05) is 0 Å². The minimum atomic E-state index is 0.854. The Morgan fingerprint density at radius 2 is 0.889 bits per heavy atom. The van der Waals surface area contributed by atoms with Gasteiger partial charge in [-0.3, -0.25) is 0 Å². The van der Waals surface area contributed by atoms with Gasteiger partial charge in [-0.2, -0.15) is 0 Å². The molecule has 9 aromatic rings. The molecule has 6 aromatic carbocycles. The third-order valence-corrected chi connectivity index (χ3v) is 9.19. The van der Waals surface area contributed by atoms with Gasteiger partial charge < -0.3 is 13.6 Å². The van der Waals surface area contributed by atoms with Gasteiger partial charge in [0.05, 0.1) is 22.1 Å². The van der Waals surface area contributed by atoms with Crippen LogP contribution >= 0.6 is 0 Å². The molecule has 0 saturated heterocycles. The number of nitrogens with zero attached hydrogens (tertiary/aromatic N) is 2. The summed E-state index contributed by atoms with van der Waals surface area (Å²) in [5.74, 6) is 0. The summed E-state index contributed by atoms with van der Waals surface area (Å²) in [7, 11) is 0. The summed E-state index contributed by atoms with van der Waals surface area (Å²) >= 11 is 0. The predicted octanol–water partition coefficient (Wildman–Crippen LogP) is 11.2. The fourth-order valence-electron chi connectivity index (χ4n) is 7.22. The molecule has 3 nitrogen and oxygen atoms in total. The van der Waals surface area contributed by atoms with Crippen LogP contribution in [-0.2, 0) is 12.8 Å². The van der Waals surface area contributed by atoms with E-state index in [0.717, 1.165) is 46.2 Å². The number of allylic oxidation sites excluding steroid dienone is 2. The molecule has 9 rings (SSSR count). The van der Waals surface area contributed by atoms with Crippen molar-refractivity contribution in [1.82, 2.24) is 9.13 Å². The van der Waals surface area contributed by atoms with Crippen LogP contribution in [0.15, 0.2) is 151 Å². The van der Waals surface area contributed by atoms with Gasteiger partial charge in [-0.25, -0.2) is 0 Å². The zero-order valence-corrected chi connectivity index (χ0v) is 24.8. The van der Waals surface area contributed by atoms with Crippen LogP contribution in [0.4, 0.5) is 0 Å². The number of hydrogen-bond acceptors (Lipinski definition) is 1. The third kappa shape index (κ3) is 3.84. The summed E-state index contributed by atoms with van der Waals surface area (Å²) in [6.45, 7) is 7.89. The Morgan fingerprint density at radius 3 is 1.36 bits per heavy atom. The summed E-state index contributed by atoms with van der Waals surface area (Å²) in [4.78, 5) is 0.